The molecule has 3 aromatic rings. The van der Waals surface area contributed by atoms with Crippen molar-refractivity contribution in [3.63, 3.8) is 0 Å². The Balaban J connectivity index is 1.66. The Morgan fingerprint density at radius 3 is 2.47 bits per heavy atom. The number of rotatable bonds is 9. The number of carbonyl (C=O) groups is 1. The lowest BCUT2D eigenvalue weighted by Crippen LogP contribution is -2.22. The average Bonchev–Trinajstić information content (AvgIpc) is 3.10. The van der Waals surface area contributed by atoms with Gasteiger partial charge in [0.05, 0.1) is 18.5 Å². The minimum atomic E-state index is -0.345. The van der Waals surface area contributed by atoms with Crippen molar-refractivity contribution in [1.82, 2.24) is 14.8 Å². The molecule has 0 spiro atoms. The summed E-state index contributed by atoms with van der Waals surface area (Å²) in [6.07, 6.45) is 0. The van der Waals surface area contributed by atoms with Crippen LogP contribution in [-0.4, -0.2) is 39.1 Å². The van der Waals surface area contributed by atoms with Crippen LogP contribution in [0.3, 0.4) is 0 Å². The Morgan fingerprint density at radius 1 is 1.07 bits per heavy atom. The molecular weight excluding hydrogens is 400 g/mol. The molecule has 2 aromatic carbocycles. The molecule has 0 saturated carbocycles. The summed E-state index contributed by atoms with van der Waals surface area (Å²) in [5, 5.41) is 11.8. The van der Waals surface area contributed by atoms with Crippen LogP contribution in [-0.2, 0) is 11.8 Å². The Hall–Kier alpha value is -3.00. The van der Waals surface area contributed by atoms with E-state index in [2.05, 4.69) is 15.5 Å². The number of anilines is 1. The Bertz CT molecular complexity index is 988. The second-order valence-corrected chi connectivity index (χ2v) is 7.84. The van der Waals surface area contributed by atoms with Crippen molar-refractivity contribution < 1.29 is 14.3 Å². The van der Waals surface area contributed by atoms with Gasteiger partial charge in [0.1, 0.15) is 11.5 Å². The van der Waals surface area contributed by atoms with Gasteiger partial charge in [-0.25, -0.2) is 0 Å². The average molecular weight is 427 g/mol. The molecule has 7 nitrogen and oxygen atoms in total. The van der Waals surface area contributed by atoms with Crippen LogP contribution in [0.4, 0.5) is 5.69 Å². The fourth-order valence-corrected chi connectivity index (χ4v) is 3.63. The number of hydrogen-bond donors (Lipinski definition) is 1. The molecule has 1 heterocycles. The zero-order valence-electron chi connectivity index (χ0n) is 17.6. The molecule has 0 aliphatic carbocycles. The van der Waals surface area contributed by atoms with Crippen LogP contribution in [0.2, 0.25) is 0 Å². The summed E-state index contributed by atoms with van der Waals surface area (Å²) in [5.41, 5.74) is 1.64. The van der Waals surface area contributed by atoms with Crippen molar-refractivity contribution in [3.05, 3.63) is 48.5 Å². The third-order valence-corrected chi connectivity index (χ3v) is 5.46. The van der Waals surface area contributed by atoms with Crippen LogP contribution in [0.25, 0.3) is 11.4 Å². The Labute approximate surface area is 180 Å². The van der Waals surface area contributed by atoms with Crippen LogP contribution in [0.15, 0.2) is 53.7 Å². The molecule has 0 aliphatic rings. The third kappa shape index (κ3) is 5.33. The van der Waals surface area contributed by atoms with Gasteiger partial charge in [-0.15, -0.1) is 10.2 Å². The highest BCUT2D eigenvalue weighted by Crippen LogP contribution is 2.28. The molecule has 0 saturated heterocycles. The topological polar surface area (TPSA) is 78.3 Å². The number of nitrogens with zero attached hydrogens (tertiary/aromatic N) is 3. The molecule has 0 bridgehead atoms. The summed E-state index contributed by atoms with van der Waals surface area (Å²) in [4.78, 5) is 12.6. The van der Waals surface area contributed by atoms with E-state index in [1.54, 1.807) is 0 Å². The molecule has 1 N–H and O–H groups in total. The Kier molecular flexibility index (Phi) is 7.35. The van der Waals surface area contributed by atoms with E-state index < -0.39 is 0 Å². The van der Waals surface area contributed by atoms with Crippen LogP contribution in [0.5, 0.6) is 11.5 Å². The van der Waals surface area contributed by atoms with Crippen LogP contribution in [0, 0.1) is 0 Å². The lowest BCUT2D eigenvalue weighted by Gasteiger charge is -2.12. The van der Waals surface area contributed by atoms with Crippen molar-refractivity contribution >= 4 is 23.4 Å². The molecule has 3 rings (SSSR count). The van der Waals surface area contributed by atoms with Crippen molar-refractivity contribution in [3.8, 4) is 22.9 Å². The van der Waals surface area contributed by atoms with Gasteiger partial charge in [-0.05, 0) is 57.2 Å². The van der Waals surface area contributed by atoms with Crippen LogP contribution in [0.1, 0.15) is 20.8 Å². The quantitative estimate of drug-likeness (QED) is 0.511. The highest BCUT2D eigenvalue weighted by atomic mass is 32.2. The minimum Gasteiger partial charge on any atom is -0.494 e. The van der Waals surface area contributed by atoms with E-state index in [1.807, 2.05) is 80.9 Å². The number of benzene rings is 2. The number of nitrogens with one attached hydrogen (secondary N) is 1. The van der Waals surface area contributed by atoms with Gasteiger partial charge in [-0.3, -0.25) is 4.79 Å². The molecule has 158 valence electrons. The SMILES string of the molecule is CCOc1ccc(NC(=O)[C@H](C)Sc2nnc(-c3cccc(OCC)c3)n2C)cc1. The summed E-state index contributed by atoms with van der Waals surface area (Å²) >= 11 is 1.36. The van der Waals surface area contributed by atoms with Crippen LogP contribution < -0.4 is 14.8 Å². The van der Waals surface area contributed by atoms with Gasteiger partial charge in [0.25, 0.3) is 0 Å². The lowest BCUT2D eigenvalue weighted by molar-refractivity contribution is -0.115. The molecular formula is C22H26N4O3S. The standard InChI is InChI=1S/C22H26N4O3S/c1-5-28-18-12-10-17(11-13-18)23-21(27)15(3)30-22-25-24-20(26(22)4)16-8-7-9-19(14-16)29-6-2/h7-15H,5-6H2,1-4H3,(H,23,27)/t15-/m0/s1. The second-order valence-electron chi connectivity index (χ2n) is 6.53. The molecule has 1 aromatic heterocycles. The van der Waals surface area contributed by atoms with Crippen molar-refractivity contribution in [1.29, 1.82) is 0 Å². The summed E-state index contributed by atoms with van der Waals surface area (Å²) in [6.45, 7) is 6.93. The lowest BCUT2D eigenvalue weighted by atomic mass is 10.2. The maximum absolute atomic E-state index is 12.6. The summed E-state index contributed by atoms with van der Waals surface area (Å²) in [6, 6.07) is 15.1. The molecule has 1 atom stereocenters. The van der Waals surface area contributed by atoms with Gasteiger partial charge >= 0.3 is 0 Å². The molecule has 0 fully saturated rings. The number of carbonyl (C=O) groups excluding carboxylic acids is 1. The first-order valence-electron chi connectivity index (χ1n) is 9.84. The summed E-state index contributed by atoms with van der Waals surface area (Å²) in [5.74, 6) is 2.18. The first-order chi connectivity index (χ1) is 14.5. The highest BCUT2D eigenvalue weighted by molar-refractivity contribution is 8.00. The fourth-order valence-electron chi connectivity index (χ4n) is 2.82. The van der Waals surface area contributed by atoms with Crippen molar-refractivity contribution in [2.75, 3.05) is 18.5 Å². The zero-order valence-corrected chi connectivity index (χ0v) is 18.4. The van der Waals surface area contributed by atoms with E-state index in [-0.39, 0.29) is 11.2 Å². The van der Waals surface area contributed by atoms with Crippen molar-refractivity contribution in [2.45, 2.75) is 31.2 Å². The molecule has 30 heavy (non-hydrogen) atoms. The number of ether oxygens (including phenoxy) is 2. The van der Waals surface area contributed by atoms with Crippen LogP contribution >= 0.6 is 11.8 Å². The number of thioether (sulfide) groups is 1. The molecule has 8 heteroatoms. The van der Waals surface area contributed by atoms with E-state index in [0.29, 0.717) is 18.4 Å². The smallest absolute Gasteiger partial charge is 0.237 e. The van der Waals surface area contributed by atoms with Gasteiger partial charge < -0.3 is 19.4 Å². The largest absolute Gasteiger partial charge is 0.494 e. The second kappa shape index (κ2) is 10.2. The van der Waals surface area contributed by atoms with E-state index in [1.165, 1.54) is 11.8 Å². The number of aromatic nitrogens is 3. The van der Waals surface area contributed by atoms with E-state index in [9.17, 15) is 4.79 Å². The predicted octanol–water partition coefficient (Wildman–Crippen LogP) is 4.40. The van der Waals surface area contributed by atoms with Crippen molar-refractivity contribution in [2.24, 2.45) is 7.05 Å². The summed E-state index contributed by atoms with van der Waals surface area (Å²) < 4.78 is 12.9. The third-order valence-electron chi connectivity index (χ3n) is 4.32. The normalized spacial score (nSPS) is 11.7. The maximum atomic E-state index is 12.6. The fraction of sp³-hybridized carbons (Fsp3) is 0.318. The van der Waals surface area contributed by atoms with Gasteiger partial charge in [0.2, 0.25) is 5.91 Å². The number of amides is 1. The van der Waals surface area contributed by atoms with Gasteiger partial charge in [-0.2, -0.15) is 0 Å². The van der Waals surface area contributed by atoms with Gasteiger partial charge in [-0.1, -0.05) is 23.9 Å². The molecule has 0 aliphatic heterocycles. The van der Waals surface area contributed by atoms with Gasteiger partial charge in [0, 0.05) is 18.3 Å². The highest BCUT2D eigenvalue weighted by Gasteiger charge is 2.19. The summed E-state index contributed by atoms with van der Waals surface area (Å²) in [7, 11) is 1.89. The van der Waals surface area contributed by atoms with E-state index >= 15 is 0 Å². The number of hydrogen-bond acceptors (Lipinski definition) is 6. The van der Waals surface area contributed by atoms with E-state index in [4.69, 9.17) is 9.47 Å². The maximum Gasteiger partial charge on any atom is 0.237 e. The molecule has 0 unspecified atom stereocenters. The first kappa shape index (κ1) is 21.7. The molecule has 1 amide bonds. The predicted molar refractivity (Wildman–Crippen MR) is 119 cm³/mol. The van der Waals surface area contributed by atoms with Gasteiger partial charge in [0.15, 0.2) is 11.0 Å². The monoisotopic (exact) mass is 426 g/mol. The first-order valence-corrected chi connectivity index (χ1v) is 10.7. The zero-order chi connectivity index (χ0) is 21.5. The Morgan fingerprint density at radius 2 is 1.77 bits per heavy atom. The van der Waals surface area contributed by atoms with E-state index in [0.717, 1.165) is 28.6 Å². The molecule has 0 radical (unpaired) electrons. The minimum absolute atomic E-state index is 0.105.